The third-order valence-electron chi connectivity index (χ3n) is 3.93. The number of hydrogen-bond acceptors (Lipinski definition) is 3. The molecule has 0 spiro atoms. The van der Waals surface area contributed by atoms with Crippen LogP contribution in [0.5, 0.6) is 0 Å². The highest BCUT2D eigenvalue weighted by Gasteiger charge is 2.30. The molecule has 2 aliphatic rings. The number of rotatable bonds is 3. The molecule has 114 valence electrons. The van der Waals surface area contributed by atoms with Crippen LogP contribution in [0.2, 0.25) is 0 Å². The zero-order valence-electron chi connectivity index (χ0n) is 12.5. The normalized spacial score (nSPS) is 17.0. The van der Waals surface area contributed by atoms with E-state index in [1.165, 1.54) is 6.08 Å². The third kappa shape index (κ3) is 2.39. The molecule has 2 amide bonds. The molecule has 0 saturated heterocycles. The Balaban J connectivity index is 2.10. The molecular formula is C17H18N2O3. The fourth-order valence-electron chi connectivity index (χ4n) is 2.95. The maximum atomic E-state index is 12.2. The van der Waals surface area contributed by atoms with Gasteiger partial charge in [0.1, 0.15) is 5.76 Å². The Bertz CT molecular complexity index is 691. The van der Waals surface area contributed by atoms with Crippen LogP contribution in [0.3, 0.4) is 0 Å². The minimum Gasteiger partial charge on any atom is -0.494 e. The molecule has 1 N–H and O–H groups in total. The number of hydrogen-bond donors (Lipinski definition) is 1. The highest BCUT2D eigenvalue weighted by molar-refractivity contribution is 6.04. The molecule has 5 nitrogen and oxygen atoms in total. The zero-order valence-corrected chi connectivity index (χ0v) is 12.5. The van der Waals surface area contributed by atoms with E-state index < -0.39 is 0 Å². The van der Waals surface area contributed by atoms with Crippen LogP contribution in [-0.2, 0) is 20.7 Å². The molecule has 1 aromatic rings. The van der Waals surface area contributed by atoms with Gasteiger partial charge in [0.15, 0.2) is 0 Å². The lowest BCUT2D eigenvalue weighted by molar-refractivity contribution is -0.128. The summed E-state index contributed by atoms with van der Waals surface area (Å²) in [5.41, 5.74) is 3.57. The van der Waals surface area contributed by atoms with E-state index in [0.29, 0.717) is 24.6 Å². The number of nitrogens with one attached hydrogen (secondary N) is 1. The molecule has 0 radical (unpaired) electrons. The van der Waals surface area contributed by atoms with Crippen molar-refractivity contribution in [2.24, 2.45) is 0 Å². The molecule has 0 aliphatic carbocycles. The van der Waals surface area contributed by atoms with Gasteiger partial charge >= 0.3 is 0 Å². The largest absolute Gasteiger partial charge is 0.494 e. The van der Waals surface area contributed by atoms with E-state index in [1.54, 1.807) is 4.90 Å². The Morgan fingerprint density at radius 3 is 3.00 bits per heavy atom. The van der Waals surface area contributed by atoms with Crippen LogP contribution in [0, 0.1) is 0 Å². The molecule has 0 bridgehead atoms. The summed E-state index contributed by atoms with van der Waals surface area (Å²) in [4.78, 5) is 25.6. The summed E-state index contributed by atoms with van der Waals surface area (Å²) in [5, 5.41) is 2.59. The first kappa shape index (κ1) is 14.4. The van der Waals surface area contributed by atoms with Crippen LogP contribution >= 0.6 is 0 Å². The summed E-state index contributed by atoms with van der Waals surface area (Å²) in [6, 6.07) is 5.80. The van der Waals surface area contributed by atoms with E-state index in [9.17, 15) is 9.59 Å². The predicted octanol–water partition coefficient (Wildman–Crippen LogP) is 1.55. The number of carbonyl (C=O) groups is 2. The number of ether oxygens (including phenoxy) is 1. The van der Waals surface area contributed by atoms with E-state index in [2.05, 4.69) is 11.9 Å². The highest BCUT2D eigenvalue weighted by atomic mass is 16.5. The predicted molar refractivity (Wildman–Crippen MR) is 83.5 cm³/mol. The molecule has 5 heteroatoms. The van der Waals surface area contributed by atoms with Gasteiger partial charge in [-0.25, -0.2) is 0 Å². The Kier molecular flexibility index (Phi) is 3.71. The third-order valence-corrected chi connectivity index (χ3v) is 3.93. The summed E-state index contributed by atoms with van der Waals surface area (Å²) in [5.74, 6) is 0.294. The highest BCUT2D eigenvalue weighted by Crippen LogP contribution is 2.34. The Hall–Kier alpha value is -2.56. The molecule has 0 aromatic heterocycles. The van der Waals surface area contributed by atoms with Gasteiger partial charge in [-0.1, -0.05) is 24.8 Å². The molecule has 3 rings (SSSR count). The van der Waals surface area contributed by atoms with Crippen LogP contribution in [-0.4, -0.2) is 36.4 Å². The molecule has 0 atom stereocenters. The van der Waals surface area contributed by atoms with Crippen molar-refractivity contribution in [3.05, 3.63) is 47.5 Å². The molecule has 0 saturated carbocycles. The topological polar surface area (TPSA) is 58.6 Å². The van der Waals surface area contributed by atoms with Gasteiger partial charge in [-0.2, -0.15) is 0 Å². The fourth-order valence-corrected chi connectivity index (χ4v) is 2.95. The lowest BCUT2D eigenvalue weighted by Crippen LogP contribution is -2.38. The van der Waals surface area contributed by atoms with Crippen LogP contribution < -0.4 is 5.32 Å². The minimum absolute atomic E-state index is 0.0412. The minimum atomic E-state index is -0.243. The maximum absolute atomic E-state index is 12.2. The molecule has 0 fully saturated rings. The van der Waals surface area contributed by atoms with Crippen LogP contribution in [0.1, 0.15) is 23.6 Å². The average molecular weight is 298 g/mol. The molecule has 0 unspecified atom stereocenters. The second-order valence-corrected chi connectivity index (χ2v) is 5.23. The molecule has 1 aromatic carbocycles. The van der Waals surface area contributed by atoms with Gasteiger partial charge in [-0.15, -0.1) is 0 Å². The number of carbonyl (C=O) groups excluding carboxylic acids is 2. The van der Waals surface area contributed by atoms with Crippen molar-refractivity contribution in [1.82, 2.24) is 10.2 Å². The fraction of sp³-hybridized carbons (Fsp3) is 0.294. The smallest absolute Gasteiger partial charge is 0.246 e. The van der Waals surface area contributed by atoms with Crippen LogP contribution in [0.25, 0.3) is 11.5 Å². The van der Waals surface area contributed by atoms with Crippen LogP contribution in [0.15, 0.2) is 30.9 Å². The Morgan fingerprint density at radius 1 is 1.41 bits per heavy atom. The van der Waals surface area contributed by atoms with Crippen molar-refractivity contribution in [1.29, 1.82) is 0 Å². The Morgan fingerprint density at radius 2 is 2.23 bits per heavy atom. The van der Waals surface area contributed by atoms with Gasteiger partial charge in [-0.05, 0) is 18.9 Å². The lowest BCUT2D eigenvalue weighted by Gasteiger charge is -2.31. The van der Waals surface area contributed by atoms with E-state index in [1.807, 2.05) is 25.1 Å². The summed E-state index contributed by atoms with van der Waals surface area (Å²) < 4.78 is 5.52. The molecular weight excluding hydrogens is 280 g/mol. The maximum Gasteiger partial charge on any atom is 0.246 e. The van der Waals surface area contributed by atoms with Gasteiger partial charge in [0.2, 0.25) is 11.8 Å². The number of fused-ring (bicyclic) bond motifs is 3. The monoisotopic (exact) mass is 298 g/mol. The molecule has 2 aliphatic heterocycles. The van der Waals surface area contributed by atoms with Crippen molar-refractivity contribution < 1.29 is 14.3 Å². The van der Waals surface area contributed by atoms with Gasteiger partial charge < -0.3 is 15.0 Å². The molecule has 22 heavy (non-hydrogen) atoms. The van der Waals surface area contributed by atoms with E-state index in [0.717, 1.165) is 23.1 Å². The summed E-state index contributed by atoms with van der Waals surface area (Å²) >= 11 is 0. The van der Waals surface area contributed by atoms with Crippen molar-refractivity contribution >= 4 is 23.3 Å². The second kappa shape index (κ2) is 5.67. The van der Waals surface area contributed by atoms with Crippen molar-refractivity contribution in [3.63, 3.8) is 0 Å². The number of benzene rings is 1. The van der Waals surface area contributed by atoms with Gasteiger partial charge in [-0.3, -0.25) is 9.59 Å². The van der Waals surface area contributed by atoms with Gasteiger partial charge in [0.05, 0.1) is 18.8 Å². The summed E-state index contributed by atoms with van der Waals surface area (Å²) in [7, 11) is 0. The van der Waals surface area contributed by atoms with Crippen LogP contribution in [0.4, 0.5) is 0 Å². The van der Waals surface area contributed by atoms with E-state index in [4.69, 9.17) is 4.74 Å². The Labute approximate surface area is 129 Å². The second-order valence-electron chi connectivity index (χ2n) is 5.23. The first-order valence-corrected chi connectivity index (χ1v) is 7.36. The van der Waals surface area contributed by atoms with Crippen molar-refractivity contribution in [2.75, 3.05) is 19.7 Å². The summed E-state index contributed by atoms with van der Waals surface area (Å²) in [6.07, 6.45) is 2.21. The molecule has 2 heterocycles. The van der Waals surface area contributed by atoms with Gasteiger partial charge in [0, 0.05) is 23.7 Å². The van der Waals surface area contributed by atoms with E-state index in [-0.39, 0.29) is 18.4 Å². The quantitative estimate of drug-likeness (QED) is 0.861. The first-order chi connectivity index (χ1) is 10.6. The first-order valence-electron chi connectivity index (χ1n) is 7.36. The lowest BCUT2D eigenvalue weighted by atomic mass is 9.91. The van der Waals surface area contributed by atoms with Crippen molar-refractivity contribution in [2.45, 2.75) is 13.3 Å². The SMILES string of the molecule is C=C(OCC)c1cccc2c1CCN1C(=O)CNC(=O)C=C21. The number of amides is 2. The van der Waals surface area contributed by atoms with Gasteiger partial charge in [0.25, 0.3) is 0 Å². The standard InChI is InChI=1S/C17H18N2O3/c1-3-22-11(2)12-5-4-6-14-13(12)7-8-19-15(14)9-16(20)18-10-17(19)21/h4-6,9H,2-3,7-8,10H2,1H3,(H,18,20). The van der Waals surface area contributed by atoms with Crippen molar-refractivity contribution in [3.8, 4) is 0 Å². The average Bonchev–Trinajstić information content (AvgIpc) is 2.66. The number of nitrogens with zero attached hydrogens (tertiary/aromatic N) is 1. The summed E-state index contributed by atoms with van der Waals surface area (Å²) in [6.45, 7) is 7.04. The van der Waals surface area contributed by atoms with E-state index >= 15 is 0 Å². The zero-order chi connectivity index (χ0) is 15.7.